The zero-order valence-electron chi connectivity index (χ0n) is 14.5. The number of nitrogens with zero attached hydrogens (tertiary/aromatic N) is 2. The number of rotatable bonds is 5. The van der Waals surface area contributed by atoms with Crippen LogP contribution >= 0.6 is 0 Å². The normalized spacial score (nSPS) is 16.4. The van der Waals surface area contributed by atoms with Gasteiger partial charge in [0.15, 0.2) is 5.82 Å². The summed E-state index contributed by atoms with van der Waals surface area (Å²) in [5, 5.41) is 6.65. The molecule has 138 valence electrons. The summed E-state index contributed by atoms with van der Waals surface area (Å²) in [7, 11) is 0. The van der Waals surface area contributed by atoms with E-state index < -0.39 is 0 Å². The second-order valence-corrected chi connectivity index (χ2v) is 6.32. The predicted molar refractivity (Wildman–Crippen MR) is 95.2 cm³/mol. The molecule has 0 bridgehead atoms. The molecule has 1 atom stereocenters. The van der Waals surface area contributed by atoms with Crippen molar-refractivity contribution in [2.24, 2.45) is 0 Å². The Hall–Kier alpha value is -3.06. The summed E-state index contributed by atoms with van der Waals surface area (Å²) < 4.78 is 24.1. The molecule has 4 rings (SSSR count). The Morgan fingerprint density at radius 3 is 2.78 bits per heavy atom. The third-order valence-electron chi connectivity index (χ3n) is 4.38. The fourth-order valence-corrected chi connectivity index (χ4v) is 3.01. The van der Waals surface area contributed by atoms with Crippen LogP contribution in [0.2, 0.25) is 0 Å². The van der Waals surface area contributed by atoms with E-state index in [2.05, 4.69) is 15.5 Å². The first-order valence-electron chi connectivity index (χ1n) is 8.77. The summed E-state index contributed by atoms with van der Waals surface area (Å²) in [6.45, 7) is 0.847. The molecule has 7 heteroatoms. The van der Waals surface area contributed by atoms with Crippen molar-refractivity contribution in [2.75, 3.05) is 6.61 Å². The Labute approximate surface area is 155 Å². The molecule has 1 N–H and O–H groups in total. The fraction of sp³-hybridized carbons (Fsp3) is 0.250. The smallest absolute Gasteiger partial charge is 0.255 e. The van der Waals surface area contributed by atoms with Crippen LogP contribution in [-0.4, -0.2) is 22.7 Å². The van der Waals surface area contributed by atoms with Crippen molar-refractivity contribution in [1.82, 2.24) is 15.5 Å². The molecule has 0 radical (unpaired) electrons. The van der Waals surface area contributed by atoms with Crippen molar-refractivity contribution in [2.45, 2.75) is 25.5 Å². The largest absolute Gasteiger partial charge is 0.368 e. The van der Waals surface area contributed by atoms with Crippen molar-refractivity contribution in [3.05, 3.63) is 71.6 Å². The molecule has 0 unspecified atom stereocenters. The molecule has 1 aliphatic heterocycles. The highest BCUT2D eigenvalue weighted by Crippen LogP contribution is 2.27. The Morgan fingerprint density at radius 2 is 2.00 bits per heavy atom. The van der Waals surface area contributed by atoms with E-state index in [1.54, 1.807) is 30.3 Å². The lowest BCUT2D eigenvalue weighted by Gasteiger charge is -2.06. The van der Waals surface area contributed by atoms with Gasteiger partial charge in [0, 0.05) is 12.2 Å². The average molecular weight is 367 g/mol. The fourth-order valence-electron chi connectivity index (χ4n) is 3.01. The van der Waals surface area contributed by atoms with E-state index in [0.29, 0.717) is 29.4 Å². The lowest BCUT2D eigenvalue weighted by molar-refractivity contribution is 0.0835. The first-order chi connectivity index (χ1) is 13.2. The number of hydrogen-bond acceptors (Lipinski definition) is 5. The summed E-state index contributed by atoms with van der Waals surface area (Å²) in [6.07, 6.45) is 1.69. The molecule has 1 amide bonds. The number of benzene rings is 2. The van der Waals surface area contributed by atoms with Gasteiger partial charge in [0.1, 0.15) is 11.9 Å². The van der Waals surface area contributed by atoms with Gasteiger partial charge in [-0.15, -0.1) is 0 Å². The van der Waals surface area contributed by atoms with E-state index in [4.69, 9.17) is 9.26 Å². The van der Waals surface area contributed by atoms with Gasteiger partial charge in [0.05, 0.1) is 6.54 Å². The first-order valence-corrected chi connectivity index (χ1v) is 8.77. The molecular weight excluding hydrogens is 349 g/mol. The summed E-state index contributed by atoms with van der Waals surface area (Å²) in [6, 6.07) is 13.3. The van der Waals surface area contributed by atoms with Crippen molar-refractivity contribution in [1.29, 1.82) is 0 Å². The third-order valence-corrected chi connectivity index (χ3v) is 4.38. The minimum atomic E-state index is -0.318. The average Bonchev–Trinajstić information content (AvgIpc) is 3.38. The molecular formula is C20H18FN3O3. The van der Waals surface area contributed by atoms with Gasteiger partial charge in [-0.3, -0.25) is 4.79 Å². The molecule has 0 saturated carbocycles. The molecule has 1 fully saturated rings. The highest BCUT2D eigenvalue weighted by atomic mass is 19.1. The lowest BCUT2D eigenvalue weighted by Crippen LogP contribution is -2.23. The molecule has 2 heterocycles. The van der Waals surface area contributed by atoms with Gasteiger partial charge in [-0.1, -0.05) is 29.4 Å². The SMILES string of the molecule is O=C(NCc1noc([C@H]2CCCO2)n1)c1cccc(-c2cccc(F)c2)c1. The summed E-state index contributed by atoms with van der Waals surface area (Å²) in [5.74, 6) is 0.262. The highest BCUT2D eigenvalue weighted by Gasteiger charge is 2.23. The van der Waals surface area contributed by atoms with E-state index in [9.17, 15) is 9.18 Å². The number of aromatic nitrogens is 2. The number of amides is 1. The summed E-state index contributed by atoms with van der Waals surface area (Å²) in [5.41, 5.74) is 1.95. The minimum Gasteiger partial charge on any atom is -0.368 e. The molecule has 27 heavy (non-hydrogen) atoms. The number of halogens is 1. The monoisotopic (exact) mass is 367 g/mol. The second-order valence-electron chi connectivity index (χ2n) is 6.32. The number of hydrogen-bond donors (Lipinski definition) is 1. The molecule has 0 spiro atoms. The van der Waals surface area contributed by atoms with Crippen LogP contribution in [0.3, 0.4) is 0 Å². The summed E-state index contributed by atoms with van der Waals surface area (Å²) >= 11 is 0. The number of carbonyl (C=O) groups is 1. The van der Waals surface area contributed by atoms with E-state index in [1.165, 1.54) is 12.1 Å². The van der Waals surface area contributed by atoms with Gasteiger partial charge in [-0.2, -0.15) is 4.98 Å². The van der Waals surface area contributed by atoms with E-state index in [0.717, 1.165) is 18.4 Å². The third kappa shape index (κ3) is 4.03. The predicted octanol–water partition coefficient (Wildman–Crippen LogP) is 3.66. The van der Waals surface area contributed by atoms with Crippen LogP contribution in [0.4, 0.5) is 4.39 Å². The molecule has 3 aromatic rings. The van der Waals surface area contributed by atoms with Crippen LogP contribution in [0.15, 0.2) is 53.1 Å². The standard InChI is InChI=1S/C20H18FN3O3/c21-16-7-2-5-14(11-16)13-4-1-6-15(10-13)19(25)22-12-18-23-20(27-24-18)17-8-3-9-26-17/h1-2,4-7,10-11,17H,3,8-9,12H2,(H,22,25)/t17-/m1/s1. The van der Waals surface area contributed by atoms with E-state index in [1.807, 2.05) is 6.07 Å². The van der Waals surface area contributed by atoms with Crippen molar-refractivity contribution in [3.63, 3.8) is 0 Å². The number of carbonyl (C=O) groups excluding carboxylic acids is 1. The molecule has 1 aliphatic rings. The first kappa shape index (κ1) is 17.4. The zero-order valence-corrected chi connectivity index (χ0v) is 14.5. The van der Waals surface area contributed by atoms with Crippen LogP contribution < -0.4 is 5.32 Å². The van der Waals surface area contributed by atoms with E-state index >= 15 is 0 Å². The molecule has 6 nitrogen and oxygen atoms in total. The maximum Gasteiger partial charge on any atom is 0.255 e. The van der Waals surface area contributed by atoms with Gasteiger partial charge >= 0.3 is 0 Å². The Balaban J connectivity index is 1.42. The van der Waals surface area contributed by atoms with Crippen molar-refractivity contribution < 1.29 is 18.4 Å². The van der Waals surface area contributed by atoms with Crippen LogP contribution in [0, 0.1) is 5.82 Å². The van der Waals surface area contributed by atoms with Gasteiger partial charge in [0.2, 0.25) is 0 Å². The maximum absolute atomic E-state index is 13.4. The van der Waals surface area contributed by atoms with Gasteiger partial charge in [-0.05, 0) is 48.2 Å². The topological polar surface area (TPSA) is 77.2 Å². The number of nitrogens with one attached hydrogen (secondary N) is 1. The molecule has 1 saturated heterocycles. The second kappa shape index (κ2) is 7.67. The van der Waals surface area contributed by atoms with Crippen LogP contribution in [0.5, 0.6) is 0 Å². The lowest BCUT2D eigenvalue weighted by atomic mass is 10.0. The maximum atomic E-state index is 13.4. The summed E-state index contributed by atoms with van der Waals surface area (Å²) in [4.78, 5) is 16.7. The van der Waals surface area contributed by atoms with Gasteiger partial charge in [0.25, 0.3) is 11.8 Å². The van der Waals surface area contributed by atoms with Crippen molar-refractivity contribution >= 4 is 5.91 Å². The zero-order chi connectivity index (χ0) is 18.6. The van der Waals surface area contributed by atoms with Gasteiger partial charge < -0.3 is 14.6 Å². The molecule has 1 aromatic heterocycles. The number of ether oxygens (including phenoxy) is 1. The molecule has 0 aliphatic carbocycles. The van der Waals surface area contributed by atoms with Crippen LogP contribution in [0.1, 0.15) is 41.0 Å². The molecule has 2 aromatic carbocycles. The Kier molecular flexibility index (Phi) is 4.93. The van der Waals surface area contributed by atoms with Gasteiger partial charge in [-0.25, -0.2) is 4.39 Å². The quantitative estimate of drug-likeness (QED) is 0.745. The van der Waals surface area contributed by atoms with Crippen LogP contribution in [-0.2, 0) is 11.3 Å². The highest BCUT2D eigenvalue weighted by molar-refractivity contribution is 5.95. The minimum absolute atomic E-state index is 0.148. The Morgan fingerprint density at radius 1 is 1.19 bits per heavy atom. The van der Waals surface area contributed by atoms with Crippen molar-refractivity contribution in [3.8, 4) is 11.1 Å². The van der Waals surface area contributed by atoms with E-state index in [-0.39, 0.29) is 24.4 Å². The Bertz CT molecular complexity index is 951. The van der Waals surface area contributed by atoms with Crippen LogP contribution in [0.25, 0.3) is 11.1 Å².